The molecule has 1 aliphatic heterocycles. The topological polar surface area (TPSA) is 46.2 Å². The summed E-state index contributed by atoms with van der Waals surface area (Å²) in [5.41, 5.74) is 0. The van der Waals surface area contributed by atoms with Crippen LogP contribution in [0.25, 0.3) is 0 Å². The van der Waals surface area contributed by atoms with E-state index in [1.165, 1.54) is 0 Å². The highest BCUT2D eigenvalue weighted by atomic mass is 32.3. The van der Waals surface area contributed by atoms with Crippen molar-refractivity contribution in [3.63, 3.8) is 0 Å². The molecule has 1 heterocycles. The van der Waals surface area contributed by atoms with Gasteiger partial charge in [0.15, 0.2) is 0 Å². The molecule has 0 radical (unpaired) electrons. The second-order valence-electron chi connectivity index (χ2n) is 3.77. The van der Waals surface area contributed by atoms with Gasteiger partial charge in [-0.05, 0) is 37.8 Å². The monoisotopic (exact) mass is 209 g/mol. The van der Waals surface area contributed by atoms with Gasteiger partial charge in [-0.25, -0.2) is 0 Å². The van der Waals surface area contributed by atoms with Crippen LogP contribution >= 0.6 is 0 Å². The van der Waals surface area contributed by atoms with Gasteiger partial charge in [0.2, 0.25) is 0 Å². The van der Waals surface area contributed by atoms with E-state index < -0.39 is 10.2 Å². The summed E-state index contributed by atoms with van der Waals surface area (Å²) in [4.78, 5) is 0. The fraction of sp³-hybridized carbons (Fsp3) is 1.00. The third-order valence-electron chi connectivity index (χ3n) is 2.65. The lowest BCUT2D eigenvalue weighted by Gasteiger charge is -2.27. The van der Waals surface area contributed by atoms with Crippen LogP contribution in [0.4, 0.5) is 3.89 Å². The van der Waals surface area contributed by atoms with E-state index in [2.05, 4.69) is 5.32 Å². The van der Waals surface area contributed by atoms with E-state index in [9.17, 15) is 12.3 Å². The highest BCUT2D eigenvalue weighted by Crippen LogP contribution is 2.23. The highest BCUT2D eigenvalue weighted by Gasteiger charge is 2.24. The molecule has 78 valence electrons. The summed E-state index contributed by atoms with van der Waals surface area (Å²) >= 11 is 0. The Bertz CT molecular complexity index is 247. The molecule has 1 atom stereocenters. The van der Waals surface area contributed by atoms with Gasteiger partial charge in [-0.15, -0.1) is 3.89 Å². The predicted molar refractivity (Wildman–Crippen MR) is 49.7 cm³/mol. The Hall–Kier alpha value is -0.160. The van der Waals surface area contributed by atoms with Gasteiger partial charge in [-0.1, -0.05) is 6.92 Å². The molecule has 0 bridgehead atoms. The Labute approximate surface area is 78.9 Å². The maximum atomic E-state index is 12.4. The van der Waals surface area contributed by atoms with Gasteiger partial charge < -0.3 is 5.32 Å². The van der Waals surface area contributed by atoms with Crippen LogP contribution in [0.15, 0.2) is 0 Å². The van der Waals surface area contributed by atoms with E-state index >= 15 is 0 Å². The van der Waals surface area contributed by atoms with Crippen molar-refractivity contribution < 1.29 is 12.3 Å². The minimum atomic E-state index is -4.29. The summed E-state index contributed by atoms with van der Waals surface area (Å²) < 4.78 is 33.2. The normalized spacial score (nSPS) is 22.9. The van der Waals surface area contributed by atoms with Crippen LogP contribution in [-0.2, 0) is 10.2 Å². The standard InChI is InChI=1S/C8H16FNO2S/c1-7(6-13(9,11)12)8-2-4-10-5-3-8/h7-8,10H,2-6H2,1H3. The van der Waals surface area contributed by atoms with E-state index in [1.54, 1.807) is 0 Å². The van der Waals surface area contributed by atoms with E-state index in [0.29, 0.717) is 5.92 Å². The first-order chi connectivity index (χ1) is 5.99. The van der Waals surface area contributed by atoms with Gasteiger partial charge in [0, 0.05) is 0 Å². The van der Waals surface area contributed by atoms with Crippen LogP contribution in [0, 0.1) is 11.8 Å². The van der Waals surface area contributed by atoms with Crippen LogP contribution in [-0.4, -0.2) is 27.3 Å². The number of hydrogen-bond donors (Lipinski definition) is 1. The lowest BCUT2D eigenvalue weighted by Crippen LogP contribution is -2.32. The SMILES string of the molecule is CC(CS(=O)(=O)F)C1CCNCC1. The first-order valence-electron chi connectivity index (χ1n) is 4.62. The van der Waals surface area contributed by atoms with Crippen molar-refractivity contribution in [2.45, 2.75) is 19.8 Å². The number of nitrogens with one attached hydrogen (secondary N) is 1. The van der Waals surface area contributed by atoms with Gasteiger partial charge >= 0.3 is 10.2 Å². The van der Waals surface area contributed by atoms with E-state index in [0.717, 1.165) is 25.9 Å². The third kappa shape index (κ3) is 4.04. The molecule has 0 aromatic heterocycles. The largest absolute Gasteiger partial charge is 0.317 e. The molecule has 0 spiro atoms. The molecule has 1 saturated heterocycles. The molecule has 0 amide bonds. The molecule has 1 unspecified atom stereocenters. The minimum absolute atomic E-state index is 0.0582. The molecular weight excluding hydrogens is 193 g/mol. The van der Waals surface area contributed by atoms with Crippen molar-refractivity contribution in [1.82, 2.24) is 5.32 Å². The molecule has 5 heteroatoms. The van der Waals surface area contributed by atoms with Gasteiger partial charge in [0.25, 0.3) is 0 Å². The van der Waals surface area contributed by atoms with E-state index in [4.69, 9.17) is 0 Å². The first kappa shape index (κ1) is 10.9. The quantitative estimate of drug-likeness (QED) is 0.703. The van der Waals surface area contributed by atoms with Crippen molar-refractivity contribution in [3.8, 4) is 0 Å². The summed E-state index contributed by atoms with van der Waals surface area (Å²) in [6.45, 7) is 3.65. The lowest BCUT2D eigenvalue weighted by molar-refractivity contribution is 0.291. The van der Waals surface area contributed by atoms with Crippen LogP contribution in [0.2, 0.25) is 0 Å². The fourth-order valence-corrected chi connectivity index (χ4v) is 2.76. The third-order valence-corrected chi connectivity index (χ3v) is 3.57. The van der Waals surface area contributed by atoms with Crippen LogP contribution < -0.4 is 5.32 Å². The average Bonchev–Trinajstić information content (AvgIpc) is 2.03. The molecule has 0 aromatic rings. The van der Waals surface area contributed by atoms with Crippen LogP contribution in [0.1, 0.15) is 19.8 Å². The van der Waals surface area contributed by atoms with Crippen molar-refractivity contribution in [1.29, 1.82) is 0 Å². The Kier molecular flexibility index (Phi) is 3.67. The molecule has 1 N–H and O–H groups in total. The number of rotatable bonds is 3. The lowest BCUT2D eigenvalue weighted by atomic mass is 9.87. The average molecular weight is 209 g/mol. The predicted octanol–water partition coefficient (Wildman–Crippen LogP) is 0.921. The Morgan fingerprint density at radius 3 is 2.46 bits per heavy atom. The molecule has 0 saturated carbocycles. The Balaban J connectivity index is 2.42. The maximum absolute atomic E-state index is 12.4. The summed E-state index contributed by atoms with van der Waals surface area (Å²) in [6, 6.07) is 0. The Morgan fingerprint density at radius 2 is 2.00 bits per heavy atom. The van der Waals surface area contributed by atoms with Crippen molar-refractivity contribution in [2.75, 3.05) is 18.8 Å². The van der Waals surface area contributed by atoms with Crippen LogP contribution in [0.3, 0.4) is 0 Å². The molecular formula is C8H16FNO2S. The molecule has 1 rings (SSSR count). The molecule has 0 aliphatic carbocycles. The molecule has 3 nitrogen and oxygen atoms in total. The van der Waals surface area contributed by atoms with E-state index in [1.807, 2.05) is 6.92 Å². The zero-order chi connectivity index (χ0) is 9.90. The van der Waals surface area contributed by atoms with E-state index in [-0.39, 0.29) is 11.7 Å². The molecule has 13 heavy (non-hydrogen) atoms. The zero-order valence-electron chi connectivity index (χ0n) is 7.79. The molecule has 1 aliphatic rings. The first-order valence-corrected chi connectivity index (χ1v) is 6.17. The van der Waals surface area contributed by atoms with Crippen molar-refractivity contribution >= 4 is 10.2 Å². The number of halogens is 1. The molecule has 1 fully saturated rings. The summed E-state index contributed by atoms with van der Waals surface area (Å²) in [6.07, 6.45) is 1.91. The maximum Gasteiger partial charge on any atom is 0.302 e. The summed E-state index contributed by atoms with van der Waals surface area (Å²) in [5.74, 6) is -0.0265. The van der Waals surface area contributed by atoms with Gasteiger partial charge in [0.05, 0.1) is 5.75 Å². The smallest absolute Gasteiger partial charge is 0.302 e. The van der Waals surface area contributed by atoms with Gasteiger partial charge in [-0.3, -0.25) is 0 Å². The summed E-state index contributed by atoms with van der Waals surface area (Å²) in [5, 5.41) is 3.19. The number of piperidine rings is 1. The van der Waals surface area contributed by atoms with Gasteiger partial charge in [-0.2, -0.15) is 8.42 Å². The number of hydrogen-bond acceptors (Lipinski definition) is 3. The zero-order valence-corrected chi connectivity index (χ0v) is 8.61. The van der Waals surface area contributed by atoms with Crippen LogP contribution in [0.5, 0.6) is 0 Å². The van der Waals surface area contributed by atoms with Crippen molar-refractivity contribution in [2.24, 2.45) is 11.8 Å². The Morgan fingerprint density at radius 1 is 1.46 bits per heavy atom. The minimum Gasteiger partial charge on any atom is -0.317 e. The summed E-state index contributed by atoms with van der Waals surface area (Å²) in [7, 11) is -4.29. The highest BCUT2D eigenvalue weighted by molar-refractivity contribution is 7.86. The molecule has 0 aromatic carbocycles. The van der Waals surface area contributed by atoms with Crippen molar-refractivity contribution in [3.05, 3.63) is 0 Å². The second-order valence-corrected chi connectivity index (χ2v) is 5.18. The van der Waals surface area contributed by atoms with Gasteiger partial charge in [0.1, 0.15) is 0 Å². The fourth-order valence-electron chi connectivity index (χ4n) is 1.86. The second kappa shape index (κ2) is 4.37.